The van der Waals surface area contributed by atoms with Crippen LogP contribution in [0.25, 0.3) is 0 Å². The first kappa shape index (κ1) is 13.3. The summed E-state index contributed by atoms with van der Waals surface area (Å²) in [7, 11) is 1.65. The van der Waals surface area contributed by atoms with E-state index in [1.807, 2.05) is 13.8 Å². The molecule has 6 heteroatoms. The Balaban J connectivity index is 3.45. The smallest absolute Gasteiger partial charge is 0.299 e. The summed E-state index contributed by atoms with van der Waals surface area (Å²) in [5.74, 6) is -0.519. The van der Waals surface area contributed by atoms with Crippen molar-refractivity contribution in [3.05, 3.63) is 21.5 Å². The van der Waals surface area contributed by atoms with E-state index in [2.05, 4.69) is 5.10 Å². The number of hydrogen-bond acceptors (Lipinski definition) is 4. The maximum atomic E-state index is 11.5. The third-order valence-corrected chi connectivity index (χ3v) is 2.88. The SMILES string of the molecule is CCc1nn(C)c(C(CC)C(C)=O)c1[N+](=O)[O-]. The highest BCUT2D eigenvalue weighted by Gasteiger charge is 2.32. The van der Waals surface area contributed by atoms with Crippen LogP contribution < -0.4 is 0 Å². The van der Waals surface area contributed by atoms with Gasteiger partial charge < -0.3 is 0 Å². The van der Waals surface area contributed by atoms with Gasteiger partial charge in [-0.05, 0) is 19.8 Å². The van der Waals surface area contributed by atoms with Crippen LogP contribution in [0, 0.1) is 10.1 Å². The Morgan fingerprint density at radius 2 is 2.12 bits per heavy atom. The van der Waals surface area contributed by atoms with Crippen LogP contribution in [0.4, 0.5) is 5.69 Å². The van der Waals surface area contributed by atoms with Crippen LogP contribution >= 0.6 is 0 Å². The standard InChI is InChI=1S/C11H17N3O3/c1-5-8(7(3)15)10-11(14(16)17)9(6-2)12-13(10)4/h8H,5-6H2,1-4H3. The monoisotopic (exact) mass is 239 g/mol. The van der Waals surface area contributed by atoms with E-state index in [0.29, 0.717) is 24.2 Å². The molecule has 0 N–H and O–H groups in total. The van der Waals surface area contributed by atoms with Gasteiger partial charge in [0.25, 0.3) is 0 Å². The quantitative estimate of drug-likeness (QED) is 0.581. The first-order valence-corrected chi connectivity index (χ1v) is 5.64. The van der Waals surface area contributed by atoms with Crippen molar-refractivity contribution >= 4 is 11.5 Å². The molecular weight excluding hydrogens is 222 g/mol. The van der Waals surface area contributed by atoms with Crippen molar-refractivity contribution in [2.24, 2.45) is 7.05 Å². The van der Waals surface area contributed by atoms with Gasteiger partial charge in [-0.2, -0.15) is 5.10 Å². The fraction of sp³-hybridized carbons (Fsp3) is 0.636. The summed E-state index contributed by atoms with van der Waals surface area (Å²) in [5, 5.41) is 15.2. The van der Waals surface area contributed by atoms with Crippen LogP contribution in [0.15, 0.2) is 0 Å². The molecule has 1 heterocycles. The molecule has 0 bridgehead atoms. The molecule has 1 aromatic heterocycles. The van der Waals surface area contributed by atoms with E-state index >= 15 is 0 Å². The van der Waals surface area contributed by atoms with Crippen molar-refractivity contribution < 1.29 is 9.72 Å². The number of hydrogen-bond donors (Lipinski definition) is 0. The Kier molecular flexibility index (Phi) is 3.98. The van der Waals surface area contributed by atoms with Crippen LogP contribution in [-0.2, 0) is 18.3 Å². The topological polar surface area (TPSA) is 78.0 Å². The van der Waals surface area contributed by atoms with Gasteiger partial charge in [-0.1, -0.05) is 13.8 Å². The molecule has 0 saturated heterocycles. The second-order valence-corrected chi connectivity index (χ2v) is 3.99. The van der Waals surface area contributed by atoms with Gasteiger partial charge in [-0.25, -0.2) is 0 Å². The molecule has 1 unspecified atom stereocenters. The van der Waals surface area contributed by atoms with Crippen molar-refractivity contribution in [2.75, 3.05) is 0 Å². The molecule has 0 aliphatic rings. The van der Waals surface area contributed by atoms with Crippen molar-refractivity contribution in [3.63, 3.8) is 0 Å². The lowest BCUT2D eigenvalue weighted by Crippen LogP contribution is -2.14. The van der Waals surface area contributed by atoms with Gasteiger partial charge in [0.15, 0.2) is 0 Å². The Morgan fingerprint density at radius 1 is 1.53 bits per heavy atom. The van der Waals surface area contributed by atoms with Crippen molar-refractivity contribution in [1.82, 2.24) is 9.78 Å². The number of ketones is 1. The zero-order valence-electron chi connectivity index (χ0n) is 10.6. The molecule has 1 rings (SSSR count). The maximum Gasteiger partial charge on any atom is 0.314 e. The van der Waals surface area contributed by atoms with Crippen LogP contribution in [0.2, 0.25) is 0 Å². The van der Waals surface area contributed by atoms with Crippen LogP contribution in [0.1, 0.15) is 44.5 Å². The van der Waals surface area contributed by atoms with Crippen molar-refractivity contribution in [3.8, 4) is 0 Å². The fourth-order valence-corrected chi connectivity index (χ4v) is 2.08. The minimum absolute atomic E-state index is 0.00273. The van der Waals surface area contributed by atoms with Gasteiger partial charge in [-0.15, -0.1) is 0 Å². The minimum Gasteiger partial charge on any atom is -0.299 e. The predicted octanol–water partition coefficient (Wildman–Crippen LogP) is 1.97. The molecule has 0 amide bonds. The molecule has 0 aliphatic heterocycles. The number of nitrogens with zero attached hydrogens (tertiary/aromatic N) is 3. The third kappa shape index (κ3) is 2.35. The molecule has 1 atom stereocenters. The van der Waals surface area contributed by atoms with E-state index in [-0.39, 0.29) is 11.5 Å². The molecule has 0 spiro atoms. The van der Waals surface area contributed by atoms with Crippen LogP contribution in [0.5, 0.6) is 0 Å². The summed E-state index contributed by atoms with van der Waals surface area (Å²) >= 11 is 0. The molecule has 6 nitrogen and oxygen atoms in total. The zero-order valence-corrected chi connectivity index (χ0v) is 10.6. The molecule has 0 radical (unpaired) electrons. The predicted molar refractivity (Wildman–Crippen MR) is 63.0 cm³/mol. The van der Waals surface area contributed by atoms with Gasteiger partial charge in [0.1, 0.15) is 17.2 Å². The van der Waals surface area contributed by atoms with Crippen molar-refractivity contribution in [2.45, 2.75) is 39.5 Å². The fourth-order valence-electron chi connectivity index (χ4n) is 2.08. The van der Waals surface area contributed by atoms with Crippen LogP contribution in [-0.4, -0.2) is 20.5 Å². The maximum absolute atomic E-state index is 11.5. The lowest BCUT2D eigenvalue weighted by Gasteiger charge is -2.10. The third-order valence-electron chi connectivity index (χ3n) is 2.88. The number of aryl methyl sites for hydroxylation is 2. The molecule has 0 aromatic carbocycles. The number of carbonyl (C=O) groups excluding carboxylic acids is 1. The largest absolute Gasteiger partial charge is 0.314 e. The average Bonchev–Trinajstić information content (AvgIpc) is 2.57. The van der Waals surface area contributed by atoms with E-state index in [4.69, 9.17) is 0 Å². The van der Waals surface area contributed by atoms with Gasteiger partial charge in [0.2, 0.25) is 0 Å². The van der Waals surface area contributed by atoms with E-state index in [1.54, 1.807) is 7.05 Å². The van der Waals surface area contributed by atoms with Gasteiger partial charge in [-0.3, -0.25) is 19.6 Å². The van der Waals surface area contributed by atoms with E-state index in [1.165, 1.54) is 11.6 Å². The zero-order chi connectivity index (χ0) is 13.2. The summed E-state index contributed by atoms with van der Waals surface area (Å²) in [6.45, 7) is 5.11. The highest BCUT2D eigenvalue weighted by Crippen LogP contribution is 2.32. The normalized spacial score (nSPS) is 12.5. The summed E-state index contributed by atoms with van der Waals surface area (Å²) in [4.78, 5) is 22.2. The number of Topliss-reactive ketones (excluding diaryl/α,β-unsaturated/α-hetero) is 1. The number of nitro groups is 1. The van der Waals surface area contributed by atoms with Gasteiger partial charge >= 0.3 is 5.69 Å². The molecule has 0 fully saturated rings. The second-order valence-electron chi connectivity index (χ2n) is 3.99. The molecule has 94 valence electrons. The number of carbonyl (C=O) groups is 1. The van der Waals surface area contributed by atoms with E-state index in [9.17, 15) is 14.9 Å². The summed E-state index contributed by atoms with van der Waals surface area (Å²) in [5.41, 5.74) is 0.853. The van der Waals surface area contributed by atoms with Crippen LogP contribution in [0.3, 0.4) is 0 Å². The Bertz CT molecular complexity index is 451. The van der Waals surface area contributed by atoms with E-state index < -0.39 is 10.8 Å². The van der Waals surface area contributed by atoms with Gasteiger partial charge in [0.05, 0.1) is 10.8 Å². The number of aromatic nitrogens is 2. The Labute approximate surface area is 99.8 Å². The first-order valence-electron chi connectivity index (χ1n) is 5.64. The lowest BCUT2D eigenvalue weighted by molar-refractivity contribution is -0.386. The Hall–Kier alpha value is -1.72. The molecule has 1 aromatic rings. The molecular formula is C11H17N3O3. The summed E-state index contributed by atoms with van der Waals surface area (Å²) in [6.07, 6.45) is 1.03. The first-order chi connectivity index (χ1) is 7.93. The summed E-state index contributed by atoms with van der Waals surface area (Å²) < 4.78 is 1.46. The van der Waals surface area contributed by atoms with Crippen molar-refractivity contribution in [1.29, 1.82) is 0 Å². The van der Waals surface area contributed by atoms with E-state index in [0.717, 1.165) is 0 Å². The summed E-state index contributed by atoms with van der Waals surface area (Å²) in [6, 6.07) is 0. The lowest BCUT2D eigenvalue weighted by atomic mass is 9.96. The second kappa shape index (κ2) is 5.07. The minimum atomic E-state index is -0.451. The Morgan fingerprint density at radius 3 is 2.47 bits per heavy atom. The highest BCUT2D eigenvalue weighted by molar-refractivity contribution is 5.84. The molecule has 17 heavy (non-hydrogen) atoms. The van der Waals surface area contributed by atoms with Gasteiger partial charge in [0, 0.05) is 7.05 Å². The average molecular weight is 239 g/mol. The number of rotatable bonds is 5. The highest BCUT2D eigenvalue weighted by atomic mass is 16.6. The molecule has 0 saturated carbocycles. The molecule has 0 aliphatic carbocycles.